The van der Waals surface area contributed by atoms with Crippen LogP contribution >= 0.6 is 0 Å². The fourth-order valence-electron chi connectivity index (χ4n) is 2.68. The van der Waals surface area contributed by atoms with Crippen molar-refractivity contribution >= 4 is 23.9 Å². The topological polar surface area (TPSA) is 105 Å². The maximum absolute atomic E-state index is 14.7. The van der Waals surface area contributed by atoms with Gasteiger partial charge in [0.2, 0.25) is 0 Å². The van der Waals surface area contributed by atoms with Gasteiger partial charge in [0.05, 0.1) is 0 Å². The third-order valence-corrected chi connectivity index (χ3v) is 3.51. The molecule has 0 aromatic rings. The molecule has 1 fully saturated rings. The molecule has 8 nitrogen and oxygen atoms in total. The van der Waals surface area contributed by atoms with Crippen molar-refractivity contribution in [1.82, 2.24) is 0 Å². The molecule has 0 aromatic heterocycles. The molecule has 0 aromatic carbocycles. The van der Waals surface area contributed by atoms with Gasteiger partial charge in [-0.15, -0.1) is 0 Å². The van der Waals surface area contributed by atoms with Gasteiger partial charge >= 0.3 is 23.9 Å². The first-order valence-corrected chi connectivity index (χ1v) is 7.37. The van der Waals surface area contributed by atoms with Crippen molar-refractivity contribution in [2.45, 2.75) is 65.2 Å². The predicted octanol–water partition coefficient (Wildman–Crippen LogP) is 0.701. The normalized spacial score (nSPS) is 32.4. The van der Waals surface area contributed by atoms with Crippen molar-refractivity contribution in [2.24, 2.45) is 5.92 Å². The number of ether oxygens (including phenoxy) is 4. The summed E-state index contributed by atoms with van der Waals surface area (Å²) in [6.07, 6.45) is -7.22. The standard InChI is InChI=1S/C15H21FO8/c1-6-11(16)13(22-8(3)18)15(24-10(5)20)14(23-9(4)19)12(6)21-7(2)17/h6,11-15H,1-5H3/t6-,11-,12?,13?,14-,15?/m0/s1/i16-1. The van der Waals surface area contributed by atoms with Crippen LogP contribution < -0.4 is 0 Å². The van der Waals surface area contributed by atoms with Gasteiger partial charge in [0.15, 0.2) is 18.3 Å². The zero-order chi connectivity index (χ0) is 18.6. The summed E-state index contributed by atoms with van der Waals surface area (Å²) in [6, 6.07) is 0. The molecule has 0 aliphatic heterocycles. The molecular weight excluding hydrogens is 326 g/mol. The van der Waals surface area contributed by atoms with Gasteiger partial charge in [0.1, 0.15) is 12.3 Å². The summed E-state index contributed by atoms with van der Waals surface area (Å²) in [6.45, 7) is 5.77. The van der Waals surface area contributed by atoms with Crippen LogP contribution in [0.25, 0.3) is 0 Å². The Morgan fingerprint density at radius 3 is 1.29 bits per heavy atom. The average molecular weight is 347 g/mol. The lowest BCUT2D eigenvalue weighted by Crippen LogP contribution is -2.63. The van der Waals surface area contributed by atoms with Crippen molar-refractivity contribution in [3.63, 3.8) is 0 Å². The number of carbonyl (C=O) groups is 4. The van der Waals surface area contributed by atoms with Crippen LogP contribution in [-0.4, -0.2) is 54.5 Å². The molecule has 0 heterocycles. The van der Waals surface area contributed by atoms with Crippen molar-refractivity contribution in [3.05, 3.63) is 0 Å². The minimum Gasteiger partial charge on any atom is -0.458 e. The average Bonchev–Trinajstić information content (AvgIpc) is 2.42. The fourth-order valence-corrected chi connectivity index (χ4v) is 2.68. The molecule has 136 valence electrons. The highest BCUT2D eigenvalue weighted by Gasteiger charge is 2.56. The minimum atomic E-state index is -1.80. The van der Waals surface area contributed by atoms with Crippen LogP contribution in [0, 0.1) is 5.92 Å². The summed E-state index contributed by atoms with van der Waals surface area (Å²) in [5.74, 6) is -4.02. The van der Waals surface area contributed by atoms with Gasteiger partial charge in [0.25, 0.3) is 0 Å². The summed E-state index contributed by atoms with van der Waals surface area (Å²) >= 11 is 0. The van der Waals surface area contributed by atoms with E-state index in [1.807, 2.05) is 0 Å². The van der Waals surface area contributed by atoms with Gasteiger partial charge in [-0.3, -0.25) is 19.2 Å². The SMILES string of the molecule is CC(=O)OC1C(OC(C)=O)[C@@H]([18F])[C@H](C)C(OC(C)=O)[C@@H]1OC(C)=O. The van der Waals surface area contributed by atoms with Gasteiger partial charge in [-0.25, -0.2) is 4.39 Å². The van der Waals surface area contributed by atoms with Crippen molar-refractivity contribution in [1.29, 1.82) is 0 Å². The molecule has 1 aliphatic rings. The van der Waals surface area contributed by atoms with E-state index in [0.717, 1.165) is 27.7 Å². The largest absolute Gasteiger partial charge is 0.458 e. The molecule has 0 bridgehead atoms. The highest BCUT2D eigenvalue weighted by atomic mass is 18.2. The number of alkyl halides is 1. The van der Waals surface area contributed by atoms with E-state index in [1.54, 1.807) is 0 Å². The minimum absolute atomic E-state index is 0.719. The van der Waals surface area contributed by atoms with Crippen LogP contribution in [0.2, 0.25) is 0 Å². The van der Waals surface area contributed by atoms with E-state index >= 15 is 0 Å². The van der Waals surface area contributed by atoms with Crippen LogP contribution in [0.5, 0.6) is 0 Å². The molecule has 6 atom stereocenters. The second-order valence-corrected chi connectivity index (χ2v) is 5.60. The monoisotopic (exact) mass is 347 g/mol. The lowest BCUT2D eigenvalue weighted by molar-refractivity contribution is -0.230. The first-order valence-electron chi connectivity index (χ1n) is 7.37. The van der Waals surface area contributed by atoms with Crippen LogP contribution in [0.15, 0.2) is 0 Å². The smallest absolute Gasteiger partial charge is 0.303 e. The molecule has 24 heavy (non-hydrogen) atoms. The molecule has 9 heteroatoms. The van der Waals surface area contributed by atoms with E-state index in [-0.39, 0.29) is 0 Å². The molecule has 0 amide bonds. The molecule has 0 N–H and O–H groups in total. The summed E-state index contributed by atoms with van der Waals surface area (Å²) in [5.41, 5.74) is 0. The van der Waals surface area contributed by atoms with Gasteiger partial charge in [0, 0.05) is 33.6 Å². The lowest BCUT2D eigenvalue weighted by atomic mass is 9.79. The fraction of sp³-hybridized carbons (Fsp3) is 0.733. The van der Waals surface area contributed by atoms with Crippen LogP contribution in [0.1, 0.15) is 34.6 Å². The quantitative estimate of drug-likeness (QED) is 0.540. The number of hydrogen-bond acceptors (Lipinski definition) is 8. The Morgan fingerprint density at radius 1 is 0.625 bits per heavy atom. The third-order valence-electron chi connectivity index (χ3n) is 3.51. The summed E-state index contributed by atoms with van der Waals surface area (Å²) in [7, 11) is 0. The number of carbonyl (C=O) groups excluding carboxylic acids is 4. The van der Waals surface area contributed by atoms with Gasteiger partial charge < -0.3 is 18.9 Å². The Kier molecular flexibility index (Phi) is 6.68. The summed E-state index contributed by atoms with van der Waals surface area (Å²) < 4.78 is 34.8. The summed E-state index contributed by atoms with van der Waals surface area (Å²) in [5, 5.41) is 0. The second-order valence-electron chi connectivity index (χ2n) is 5.60. The van der Waals surface area contributed by atoms with Crippen LogP contribution in [-0.2, 0) is 38.1 Å². The van der Waals surface area contributed by atoms with E-state index in [1.165, 1.54) is 6.92 Å². The zero-order valence-electron chi connectivity index (χ0n) is 14.1. The molecule has 1 saturated carbocycles. The zero-order valence-corrected chi connectivity index (χ0v) is 14.1. The van der Waals surface area contributed by atoms with E-state index in [2.05, 4.69) is 0 Å². The molecule has 0 radical (unpaired) electrons. The van der Waals surface area contributed by atoms with Crippen LogP contribution in [0.3, 0.4) is 0 Å². The Morgan fingerprint density at radius 2 is 0.917 bits per heavy atom. The highest BCUT2D eigenvalue weighted by molar-refractivity contribution is 5.69. The molecule has 0 saturated heterocycles. The van der Waals surface area contributed by atoms with Gasteiger partial charge in [-0.2, -0.15) is 0 Å². The maximum atomic E-state index is 14.7. The van der Waals surface area contributed by atoms with Crippen molar-refractivity contribution in [3.8, 4) is 0 Å². The van der Waals surface area contributed by atoms with Crippen molar-refractivity contribution in [2.75, 3.05) is 0 Å². The highest BCUT2D eigenvalue weighted by Crippen LogP contribution is 2.35. The Balaban J connectivity index is 3.28. The lowest BCUT2D eigenvalue weighted by Gasteiger charge is -2.44. The number of hydrogen-bond donors (Lipinski definition) is 0. The van der Waals surface area contributed by atoms with Gasteiger partial charge in [-0.05, 0) is 0 Å². The molecule has 0 spiro atoms. The van der Waals surface area contributed by atoms with Crippen molar-refractivity contribution < 1.29 is 42.5 Å². The maximum Gasteiger partial charge on any atom is 0.303 e. The predicted molar refractivity (Wildman–Crippen MR) is 76.3 cm³/mol. The third kappa shape index (κ3) is 4.90. The number of rotatable bonds is 4. The van der Waals surface area contributed by atoms with E-state index in [0.29, 0.717) is 0 Å². The molecule has 1 aliphatic carbocycles. The van der Waals surface area contributed by atoms with E-state index in [4.69, 9.17) is 18.9 Å². The van der Waals surface area contributed by atoms with Gasteiger partial charge in [-0.1, -0.05) is 6.92 Å². The second kappa shape index (κ2) is 8.07. The Bertz CT molecular complexity index is 474. The Hall–Kier alpha value is -2.19. The first-order chi connectivity index (χ1) is 11.0. The van der Waals surface area contributed by atoms with Crippen LogP contribution in [0.4, 0.5) is 4.39 Å². The number of esters is 4. The molecular formula is C15H21FO8. The first kappa shape index (κ1) is 19.9. The number of halogens is 1. The van der Waals surface area contributed by atoms with E-state index < -0.39 is 60.4 Å². The van der Waals surface area contributed by atoms with E-state index in [9.17, 15) is 23.6 Å². The molecule has 1 rings (SSSR count). The Labute approximate surface area is 138 Å². The molecule has 3 unspecified atom stereocenters. The summed E-state index contributed by atoms with van der Waals surface area (Å²) in [4.78, 5) is 45.3.